The van der Waals surface area contributed by atoms with E-state index >= 15 is 0 Å². The van der Waals surface area contributed by atoms with E-state index in [-0.39, 0.29) is 0 Å². The van der Waals surface area contributed by atoms with E-state index in [4.69, 9.17) is 4.42 Å². The van der Waals surface area contributed by atoms with E-state index in [9.17, 15) is 5.11 Å². The van der Waals surface area contributed by atoms with Crippen LogP contribution in [0.1, 0.15) is 17.6 Å². The summed E-state index contributed by atoms with van der Waals surface area (Å²) < 4.78 is 5.14. The molecular weight excluding hydrogens is 178 g/mol. The summed E-state index contributed by atoms with van der Waals surface area (Å²) in [7, 11) is 0. The maximum atomic E-state index is 9.77. The molecule has 14 heavy (non-hydrogen) atoms. The summed E-state index contributed by atoms with van der Waals surface area (Å²) in [6.07, 6.45) is 3.13. The predicted octanol–water partition coefficient (Wildman–Crippen LogP) is 1.95. The fraction of sp³-hybridized carbons (Fsp3) is 0.182. The van der Waals surface area contributed by atoms with E-state index in [1.165, 1.54) is 0 Å². The van der Waals surface area contributed by atoms with E-state index in [2.05, 4.69) is 4.98 Å². The predicted molar refractivity (Wildman–Crippen MR) is 51.6 cm³/mol. The third kappa shape index (κ3) is 2.00. The Hall–Kier alpha value is -1.61. The lowest BCUT2D eigenvalue weighted by atomic mass is 10.1. The molecule has 0 aliphatic rings. The Kier molecular flexibility index (Phi) is 2.60. The summed E-state index contributed by atoms with van der Waals surface area (Å²) in [4.78, 5) is 4.07. The van der Waals surface area contributed by atoms with E-state index in [0.29, 0.717) is 12.1 Å². The number of nitrogens with zero attached hydrogens (tertiary/aromatic N) is 1. The van der Waals surface area contributed by atoms with E-state index in [1.807, 2.05) is 18.2 Å². The standard InChI is InChI=1S/C11H11NO2/c13-11(8-9-4-3-7-14-9)10-5-1-2-6-12-10/h1-7,11,13H,8H2. The largest absolute Gasteiger partial charge is 0.469 e. The quantitative estimate of drug-likeness (QED) is 0.802. The normalized spacial score (nSPS) is 12.6. The van der Waals surface area contributed by atoms with Crippen LogP contribution in [-0.2, 0) is 6.42 Å². The van der Waals surface area contributed by atoms with E-state index < -0.39 is 6.10 Å². The highest BCUT2D eigenvalue weighted by Gasteiger charge is 2.10. The molecule has 2 heterocycles. The van der Waals surface area contributed by atoms with Gasteiger partial charge in [0.25, 0.3) is 0 Å². The Balaban J connectivity index is 2.07. The van der Waals surface area contributed by atoms with Crippen molar-refractivity contribution in [2.45, 2.75) is 12.5 Å². The van der Waals surface area contributed by atoms with E-state index in [0.717, 1.165) is 5.76 Å². The van der Waals surface area contributed by atoms with Crippen LogP contribution in [0.2, 0.25) is 0 Å². The first kappa shape index (κ1) is 8.97. The van der Waals surface area contributed by atoms with Crippen LogP contribution in [0.3, 0.4) is 0 Å². The van der Waals surface area contributed by atoms with Crippen molar-refractivity contribution in [3.63, 3.8) is 0 Å². The lowest BCUT2D eigenvalue weighted by Crippen LogP contribution is -2.02. The molecule has 0 amide bonds. The van der Waals surface area contributed by atoms with Gasteiger partial charge in [0.2, 0.25) is 0 Å². The maximum absolute atomic E-state index is 9.77. The molecule has 72 valence electrons. The van der Waals surface area contributed by atoms with Crippen LogP contribution < -0.4 is 0 Å². The van der Waals surface area contributed by atoms with Crippen molar-refractivity contribution < 1.29 is 9.52 Å². The average molecular weight is 189 g/mol. The van der Waals surface area contributed by atoms with Crippen LogP contribution in [0, 0.1) is 0 Å². The number of furan rings is 1. The number of aromatic nitrogens is 1. The SMILES string of the molecule is OC(Cc1ccco1)c1ccccn1. The molecule has 3 nitrogen and oxygen atoms in total. The molecule has 1 N–H and O–H groups in total. The second-order valence-electron chi connectivity index (χ2n) is 3.05. The zero-order valence-corrected chi connectivity index (χ0v) is 7.63. The van der Waals surface area contributed by atoms with E-state index in [1.54, 1.807) is 24.6 Å². The first-order valence-electron chi connectivity index (χ1n) is 4.47. The molecule has 1 unspecified atom stereocenters. The third-order valence-electron chi connectivity index (χ3n) is 2.00. The molecule has 0 bridgehead atoms. The highest BCUT2D eigenvalue weighted by Crippen LogP contribution is 2.15. The van der Waals surface area contributed by atoms with Crippen LogP contribution in [0.4, 0.5) is 0 Å². The number of hydrogen-bond acceptors (Lipinski definition) is 3. The van der Waals surface area contributed by atoms with Crippen molar-refractivity contribution in [2.24, 2.45) is 0 Å². The van der Waals surface area contributed by atoms with Gasteiger partial charge < -0.3 is 9.52 Å². The second kappa shape index (κ2) is 4.07. The fourth-order valence-electron chi connectivity index (χ4n) is 1.30. The van der Waals surface area contributed by atoms with Gasteiger partial charge in [0.05, 0.1) is 12.0 Å². The number of aliphatic hydroxyl groups is 1. The van der Waals surface area contributed by atoms with Crippen molar-refractivity contribution in [1.82, 2.24) is 4.98 Å². The summed E-state index contributed by atoms with van der Waals surface area (Å²) in [5.74, 6) is 0.767. The topological polar surface area (TPSA) is 46.3 Å². The van der Waals surface area contributed by atoms with Crippen molar-refractivity contribution in [3.8, 4) is 0 Å². The Morgan fingerprint density at radius 1 is 1.29 bits per heavy atom. The summed E-state index contributed by atoms with van der Waals surface area (Å²) in [6.45, 7) is 0. The molecule has 2 aromatic rings. The second-order valence-corrected chi connectivity index (χ2v) is 3.05. The van der Waals surface area contributed by atoms with Crippen LogP contribution in [-0.4, -0.2) is 10.1 Å². The van der Waals surface area contributed by atoms with Crippen molar-refractivity contribution >= 4 is 0 Å². The van der Waals surface area contributed by atoms with Crippen molar-refractivity contribution in [1.29, 1.82) is 0 Å². The minimum Gasteiger partial charge on any atom is -0.469 e. The van der Waals surface area contributed by atoms with Gasteiger partial charge in [-0.2, -0.15) is 0 Å². The van der Waals surface area contributed by atoms with Gasteiger partial charge in [-0.15, -0.1) is 0 Å². The Morgan fingerprint density at radius 2 is 2.21 bits per heavy atom. The molecule has 0 aliphatic heterocycles. The number of hydrogen-bond donors (Lipinski definition) is 1. The zero-order chi connectivity index (χ0) is 9.80. The average Bonchev–Trinajstić information content (AvgIpc) is 2.72. The van der Waals surface area contributed by atoms with Gasteiger partial charge in [0, 0.05) is 12.6 Å². The molecule has 0 spiro atoms. The number of pyridine rings is 1. The Labute approximate surface area is 82.0 Å². The molecule has 0 fully saturated rings. The maximum Gasteiger partial charge on any atom is 0.106 e. The molecule has 1 atom stereocenters. The van der Waals surface area contributed by atoms with Crippen LogP contribution in [0.15, 0.2) is 47.2 Å². The highest BCUT2D eigenvalue weighted by atomic mass is 16.3. The van der Waals surface area contributed by atoms with Crippen molar-refractivity contribution in [2.75, 3.05) is 0 Å². The lowest BCUT2D eigenvalue weighted by molar-refractivity contribution is 0.166. The van der Waals surface area contributed by atoms with Crippen molar-refractivity contribution in [3.05, 3.63) is 54.2 Å². The monoisotopic (exact) mass is 189 g/mol. The zero-order valence-electron chi connectivity index (χ0n) is 7.63. The smallest absolute Gasteiger partial charge is 0.106 e. The molecule has 0 aromatic carbocycles. The summed E-state index contributed by atoms with van der Waals surface area (Å²) >= 11 is 0. The summed E-state index contributed by atoms with van der Waals surface area (Å²) in [5, 5.41) is 9.77. The first-order chi connectivity index (χ1) is 6.86. The number of rotatable bonds is 3. The molecule has 0 radical (unpaired) electrons. The minimum atomic E-state index is -0.595. The Bertz CT molecular complexity index is 369. The Morgan fingerprint density at radius 3 is 2.86 bits per heavy atom. The van der Waals surface area contributed by atoms with Crippen LogP contribution in [0.25, 0.3) is 0 Å². The van der Waals surface area contributed by atoms with Gasteiger partial charge >= 0.3 is 0 Å². The summed E-state index contributed by atoms with van der Waals surface area (Å²) in [6, 6.07) is 9.12. The molecule has 2 aromatic heterocycles. The molecule has 2 rings (SSSR count). The minimum absolute atomic E-state index is 0.462. The van der Waals surface area contributed by atoms with Gasteiger partial charge in [-0.05, 0) is 24.3 Å². The third-order valence-corrected chi connectivity index (χ3v) is 2.00. The molecule has 3 heteroatoms. The van der Waals surface area contributed by atoms with Gasteiger partial charge in [-0.3, -0.25) is 4.98 Å². The van der Waals surface area contributed by atoms with Gasteiger partial charge in [0.15, 0.2) is 0 Å². The first-order valence-corrected chi connectivity index (χ1v) is 4.47. The molecule has 0 saturated heterocycles. The molecule has 0 aliphatic carbocycles. The van der Waals surface area contributed by atoms with Gasteiger partial charge in [0.1, 0.15) is 11.9 Å². The lowest BCUT2D eigenvalue weighted by Gasteiger charge is -2.07. The van der Waals surface area contributed by atoms with Gasteiger partial charge in [-0.1, -0.05) is 6.07 Å². The fourth-order valence-corrected chi connectivity index (χ4v) is 1.30. The van der Waals surface area contributed by atoms with Crippen LogP contribution in [0.5, 0.6) is 0 Å². The van der Waals surface area contributed by atoms with Crippen LogP contribution >= 0.6 is 0 Å². The number of aliphatic hydroxyl groups excluding tert-OH is 1. The van der Waals surface area contributed by atoms with Gasteiger partial charge in [-0.25, -0.2) is 0 Å². The highest BCUT2D eigenvalue weighted by molar-refractivity contribution is 5.10. The molecule has 0 saturated carbocycles. The molecular formula is C11H11NO2. The summed E-state index contributed by atoms with van der Waals surface area (Å²) in [5.41, 5.74) is 0.670.